The van der Waals surface area contributed by atoms with Gasteiger partial charge in [0.05, 0.1) is 10.8 Å². The predicted octanol–water partition coefficient (Wildman–Crippen LogP) is 4.60. The van der Waals surface area contributed by atoms with Crippen LogP contribution in [0.2, 0.25) is 0 Å². The zero-order valence-electron chi connectivity index (χ0n) is 20.9. The van der Waals surface area contributed by atoms with E-state index in [-0.39, 0.29) is 22.5 Å². The highest BCUT2D eigenvalue weighted by molar-refractivity contribution is 7.85. The van der Waals surface area contributed by atoms with Crippen molar-refractivity contribution in [1.29, 1.82) is 0 Å². The van der Waals surface area contributed by atoms with Crippen molar-refractivity contribution < 1.29 is 32.0 Å². The largest absolute Gasteiger partial charge is 0.744 e. The van der Waals surface area contributed by atoms with E-state index in [2.05, 4.69) is 24.3 Å². The van der Waals surface area contributed by atoms with Gasteiger partial charge >= 0.3 is 11.9 Å². The van der Waals surface area contributed by atoms with Crippen molar-refractivity contribution >= 4 is 22.1 Å². The molecule has 0 heterocycles. The van der Waals surface area contributed by atoms with Gasteiger partial charge in [-0.05, 0) is 84.5 Å². The molecule has 0 radical (unpaired) electrons. The first-order valence-electron chi connectivity index (χ1n) is 12.9. The fraction of sp³-hybridized carbons (Fsp3) is 0.333. The summed E-state index contributed by atoms with van der Waals surface area (Å²) in [6, 6.07) is 18.9. The fourth-order valence-electron chi connectivity index (χ4n) is 6.50. The average molecular weight is 532 g/mol. The Morgan fingerprint density at radius 1 is 0.868 bits per heavy atom. The molecule has 0 saturated carbocycles. The Balaban J connectivity index is 1.22. The summed E-state index contributed by atoms with van der Waals surface area (Å²) in [7, 11) is -4.64. The van der Waals surface area contributed by atoms with E-state index < -0.39 is 34.1 Å². The number of benzene rings is 3. The third-order valence-corrected chi connectivity index (χ3v) is 9.08. The Bertz CT molecular complexity index is 1510. The lowest BCUT2D eigenvalue weighted by molar-refractivity contribution is -0.165. The third-order valence-electron chi connectivity index (χ3n) is 8.16. The molecule has 38 heavy (non-hydrogen) atoms. The van der Waals surface area contributed by atoms with Crippen LogP contribution in [0.4, 0.5) is 0 Å². The smallest absolute Gasteiger partial charge is 0.352 e. The molecule has 0 aromatic heterocycles. The highest BCUT2D eigenvalue weighted by Crippen LogP contribution is 2.55. The second-order valence-corrected chi connectivity index (χ2v) is 11.7. The standard InChI is InChI=1S/C30H28O7S/c1-17(29(31)37-26-14-15-27(38(33,34)35)21-11-5-4-10-20(21)26)36-30(32)25-16-24-18-8-2-6-12-22(18)28(25)23-13-7-3-9-19(23)24/h2-3,6-9,12-15,17,24-25,28H,4-5,10-11,16H2,1H3,(H,33,34,35)/p-1. The molecule has 0 fully saturated rings. The molecule has 0 amide bonds. The molecule has 196 valence electrons. The molecule has 0 saturated heterocycles. The van der Waals surface area contributed by atoms with Crippen LogP contribution in [-0.4, -0.2) is 31.0 Å². The summed E-state index contributed by atoms with van der Waals surface area (Å²) in [5.74, 6) is -1.45. The second kappa shape index (κ2) is 9.36. The monoisotopic (exact) mass is 531 g/mol. The summed E-state index contributed by atoms with van der Waals surface area (Å²) in [5, 5.41) is 0. The molecule has 0 spiro atoms. The summed E-state index contributed by atoms with van der Waals surface area (Å²) in [6.45, 7) is 1.48. The second-order valence-electron chi connectivity index (χ2n) is 10.3. The van der Waals surface area contributed by atoms with Gasteiger partial charge in [-0.2, -0.15) is 0 Å². The van der Waals surface area contributed by atoms with E-state index in [9.17, 15) is 22.6 Å². The maximum absolute atomic E-state index is 13.4. The van der Waals surface area contributed by atoms with Crippen LogP contribution in [0.5, 0.6) is 5.75 Å². The zero-order chi connectivity index (χ0) is 26.6. The van der Waals surface area contributed by atoms with E-state index in [0.717, 1.165) is 24.0 Å². The number of ether oxygens (including phenoxy) is 2. The third kappa shape index (κ3) is 4.12. The van der Waals surface area contributed by atoms with Gasteiger partial charge in [-0.3, -0.25) is 4.79 Å². The van der Waals surface area contributed by atoms with Crippen LogP contribution < -0.4 is 4.74 Å². The number of rotatable bonds is 5. The van der Waals surface area contributed by atoms with E-state index in [1.165, 1.54) is 30.2 Å². The Kier molecular flexibility index (Phi) is 6.12. The highest BCUT2D eigenvalue weighted by atomic mass is 32.2. The summed E-state index contributed by atoms with van der Waals surface area (Å²) < 4.78 is 46.4. The molecule has 8 heteroatoms. The molecule has 4 aliphatic rings. The van der Waals surface area contributed by atoms with Gasteiger partial charge in [0.15, 0.2) is 6.10 Å². The SMILES string of the molecule is CC(OC(=O)C1CC2c3ccccc3C1c1ccccc12)C(=O)Oc1ccc(S(=O)(=O)[O-])c2c1CCCC2. The molecule has 0 aliphatic heterocycles. The maximum atomic E-state index is 13.4. The van der Waals surface area contributed by atoms with Crippen molar-refractivity contribution in [1.82, 2.24) is 0 Å². The highest BCUT2D eigenvalue weighted by Gasteiger charge is 2.47. The van der Waals surface area contributed by atoms with Gasteiger partial charge in [0, 0.05) is 11.8 Å². The van der Waals surface area contributed by atoms with Gasteiger partial charge < -0.3 is 14.0 Å². The molecular formula is C30H27O7S-. The summed E-state index contributed by atoms with van der Waals surface area (Å²) in [6.07, 6.45) is 1.91. The molecular weight excluding hydrogens is 504 g/mol. The van der Waals surface area contributed by atoms with E-state index in [0.29, 0.717) is 30.4 Å². The molecule has 2 unspecified atom stereocenters. The van der Waals surface area contributed by atoms with Crippen LogP contribution in [0.25, 0.3) is 0 Å². The van der Waals surface area contributed by atoms with Crippen molar-refractivity contribution in [3.8, 4) is 5.75 Å². The summed E-state index contributed by atoms with van der Waals surface area (Å²) in [5.41, 5.74) is 5.69. The Morgan fingerprint density at radius 2 is 1.45 bits per heavy atom. The van der Waals surface area contributed by atoms with Gasteiger partial charge in [-0.1, -0.05) is 48.5 Å². The number of hydrogen-bond acceptors (Lipinski definition) is 7. The van der Waals surface area contributed by atoms with Gasteiger partial charge in [-0.15, -0.1) is 0 Å². The molecule has 2 atom stereocenters. The van der Waals surface area contributed by atoms with Crippen molar-refractivity contribution in [3.05, 3.63) is 94.0 Å². The fourth-order valence-corrected chi connectivity index (χ4v) is 7.26. The van der Waals surface area contributed by atoms with Gasteiger partial charge in [0.25, 0.3) is 0 Å². The van der Waals surface area contributed by atoms with Crippen LogP contribution in [0.3, 0.4) is 0 Å². The lowest BCUT2D eigenvalue weighted by atomic mass is 9.59. The first kappa shape index (κ1) is 24.8. The Morgan fingerprint density at radius 3 is 2.05 bits per heavy atom. The normalized spacial score (nSPS) is 22.0. The molecule has 0 N–H and O–H groups in total. The van der Waals surface area contributed by atoms with Crippen LogP contribution in [0, 0.1) is 5.92 Å². The minimum Gasteiger partial charge on any atom is -0.744 e. The van der Waals surface area contributed by atoms with E-state index in [1.54, 1.807) is 0 Å². The van der Waals surface area contributed by atoms with E-state index >= 15 is 0 Å². The number of carbonyl (C=O) groups is 2. The first-order chi connectivity index (χ1) is 18.2. The van der Waals surface area contributed by atoms with Crippen molar-refractivity contribution in [2.24, 2.45) is 5.92 Å². The van der Waals surface area contributed by atoms with Crippen molar-refractivity contribution in [2.45, 2.75) is 61.9 Å². The molecule has 3 aromatic carbocycles. The van der Waals surface area contributed by atoms with Gasteiger partial charge in [-0.25, -0.2) is 13.2 Å². The number of carbonyl (C=O) groups excluding carboxylic acids is 2. The molecule has 4 aliphatic carbocycles. The van der Waals surface area contributed by atoms with Crippen LogP contribution in [-0.2, 0) is 37.3 Å². The lowest BCUT2D eigenvalue weighted by Gasteiger charge is -2.44. The summed E-state index contributed by atoms with van der Waals surface area (Å²) >= 11 is 0. The Labute approximate surface area is 221 Å². The van der Waals surface area contributed by atoms with Crippen LogP contribution in [0.15, 0.2) is 65.6 Å². The molecule has 7 nitrogen and oxygen atoms in total. The van der Waals surface area contributed by atoms with E-state index in [4.69, 9.17) is 9.47 Å². The maximum Gasteiger partial charge on any atom is 0.352 e. The number of hydrogen-bond donors (Lipinski definition) is 0. The minimum absolute atomic E-state index is 0.0922. The average Bonchev–Trinajstić information content (AvgIpc) is 2.92. The van der Waals surface area contributed by atoms with Crippen molar-refractivity contribution in [3.63, 3.8) is 0 Å². The van der Waals surface area contributed by atoms with Gasteiger partial charge in [0.2, 0.25) is 0 Å². The van der Waals surface area contributed by atoms with Crippen molar-refractivity contribution in [2.75, 3.05) is 0 Å². The van der Waals surface area contributed by atoms with Crippen LogP contribution in [0.1, 0.15) is 71.4 Å². The number of esters is 2. The lowest BCUT2D eigenvalue weighted by Crippen LogP contribution is -2.39. The first-order valence-corrected chi connectivity index (χ1v) is 14.4. The Hall–Kier alpha value is -3.49. The minimum atomic E-state index is -4.64. The van der Waals surface area contributed by atoms with E-state index in [1.807, 2.05) is 24.3 Å². The molecule has 7 rings (SSSR count). The number of fused-ring (bicyclic) bond motifs is 2. The van der Waals surface area contributed by atoms with Crippen LogP contribution >= 0.6 is 0 Å². The molecule has 3 aromatic rings. The zero-order valence-corrected chi connectivity index (χ0v) is 21.7. The quantitative estimate of drug-likeness (QED) is 0.269. The predicted molar refractivity (Wildman–Crippen MR) is 137 cm³/mol. The summed E-state index contributed by atoms with van der Waals surface area (Å²) in [4.78, 5) is 26.1. The topological polar surface area (TPSA) is 110 Å². The molecule has 2 bridgehead atoms. The van der Waals surface area contributed by atoms with Gasteiger partial charge in [0.1, 0.15) is 15.9 Å².